The molecular weight excluding hydrogens is 316 g/mol. The summed E-state index contributed by atoms with van der Waals surface area (Å²) in [6.07, 6.45) is 0. The first-order chi connectivity index (χ1) is 11.7. The Morgan fingerprint density at radius 2 is 1.72 bits per heavy atom. The standard InChI is InChI=1S/C19H26N4O2/c1-12-6-13(2)8-17(7-12)19(25)20-10-18(24)21-15(4)11-23-16(5)9-14(3)22-23/h6-9,15H,10-11H2,1-5H3,(H,20,25)(H,21,24)/t15-/m1/s1. The first kappa shape index (κ1) is 18.7. The van der Waals surface area contributed by atoms with Crippen LogP contribution < -0.4 is 10.6 Å². The maximum atomic E-state index is 12.2. The van der Waals surface area contributed by atoms with Gasteiger partial charge in [-0.1, -0.05) is 17.2 Å². The molecule has 0 unspecified atom stereocenters. The second kappa shape index (κ2) is 7.96. The molecule has 2 N–H and O–H groups in total. The number of nitrogens with one attached hydrogen (secondary N) is 2. The highest BCUT2D eigenvalue weighted by Crippen LogP contribution is 2.08. The zero-order chi connectivity index (χ0) is 18.6. The van der Waals surface area contributed by atoms with Gasteiger partial charge in [-0.3, -0.25) is 14.3 Å². The van der Waals surface area contributed by atoms with Gasteiger partial charge in [-0.2, -0.15) is 5.10 Å². The van der Waals surface area contributed by atoms with Crippen LogP contribution in [-0.2, 0) is 11.3 Å². The molecule has 2 aromatic rings. The average molecular weight is 342 g/mol. The molecule has 0 aliphatic heterocycles. The number of aryl methyl sites for hydroxylation is 4. The smallest absolute Gasteiger partial charge is 0.251 e. The van der Waals surface area contributed by atoms with Crippen molar-refractivity contribution in [3.63, 3.8) is 0 Å². The van der Waals surface area contributed by atoms with Crippen LogP contribution in [0.5, 0.6) is 0 Å². The molecule has 0 aliphatic carbocycles. The quantitative estimate of drug-likeness (QED) is 0.843. The van der Waals surface area contributed by atoms with E-state index >= 15 is 0 Å². The van der Waals surface area contributed by atoms with E-state index in [9.17, 15) is 9.59 Å². The molecule has 0 spiro atoms. The van der Waals surface area contributed by atoms with E-state index in [-0.39, 0.29) is 24.4 Å². The van der Waals surface area contributed by atoms with Crippen molar-refractivity contribution in [2.45, 2.75) is 47.2 Å². The van der Waals surface area contributed by atoms with Gasteiger partial charge in [0.05, 0.1) is 18.8 Å². The fourth-order valence-electron chi connectivity index (χ4n) is 2.86. The van der Waals surface area contributed by atoms with Crippen LogP contribution in [0, 0.1) is 27.7 Å². The normalized spacial score (nSPS) is 11.9. The van der Waals surface area contributed by atoms with Gasteiger partial charge in [-0.25, -0.2) is 0 Å². The monoisotopic (exact) mass is 342 g/mol. The highest BCUT2D eigenvalue weighted by atomic mass is 16.2. The summed E-state index contributed by atoms with van der Waals surface area (Å²) in [5, 5.41) is 9.93. The van der Waals surface area contributed by atoms with E-state index < -0.39 is 0 Å². The molecule has 2 amide bonds. The van der Waals surface area contributed by atoms with Crippen molar-refractivity contribution in [1.29, 1.82) is 0 Å². The minimum Gasteiger partial charge on any atom is -0.350 e. The van der Waals surface area contributed by atoms with Gasteiger partial charge in [0.15, 0.2) is 0 Å². The first-order valence-electron chi connectivity index (χ1n) is 8.41. The Hall–Kier alpha value is -2.63. The highest BCUT2D eigenvalue weighted by molar-refractivity contribution is 5.96. The molecule has 0 aliphatic rings. The molecule has 134 valence electrons. The molecule has 0 saturated heterocycles. The fourth-order valence-corrected chi connectivity index (χ4v) is 2.86. The van der Waals surface area contributed by atoms with Crippen LogP contribution in [0.2, 0.25) is 0 Å². The lowest BCUT2D eigenvalue weighted by molar-refractivity contribution is -0.120. The summed E-state index contributed by atoms with van der Waals surface area (Å²) >= 11 is 0. The van der Waals surface area contributed by atoms with Crippen LogP contribution in [0.15, 0.2) is 24.3 Å². The largest absolute Gasteiger partial charge is 0.350 e. The van der Waals surface area contributed by atoms with Gasteiger partial charge < -0.3 is 10.6 Å². The Bertz CT molecular complexity index is 759. The van der Waals surface area contributed by atoms with E-state index in [1.807, 2.05) is 63.6 Å². The second-order valence-corrected chi connectivity index (χ2v) is 6.64. The third-order valence-electron chi connectivity index (χ3n) is 3.85. The van der Waals surface area contributed by atoms with Gasteiger partial charge in [-0.15, -0.1) is 0 Å². The molecule has 2 rings (SSSR count). The number of benzene rings is 1. The molecule has 6 heteroatoms. The first-order valence-corrected chi connectivity index (χ1v) is 8.41. The second-order valence-electron chi connectivity index (χ2n) is 6.64. The minimum absolute atomic E-state index is 0.0483. The van der Waals surface area contributed by atoms with Crippen LogP contribution in [0.25, 0.3) is 0 Å². The predicted molar refractivity (Wildman–Crippen MR) is 97.6 cm³/mol. The van der Waals surface area contributed by atoms with Gasteiger partial charge in [0, 0.05) is 17.3 Å². The molecular formula is C19H26N4O2. The van der Waals surface area contributed by atoms with Crippen molar-refractivity contribution in [2.24, 2.45) is 0 Å². The molecule has 0 radical (unpaired) electrons. The topological polar surface area (TPSA) is 76.0 Å². The lowest BCUT2D eigenvalue weighted by atomic mass is 10.1. The summed E-state index contributed by atoms with van der Waals surface area (Å²) in [4.78, 5) is 24.2. The molecule has 1 aromatic carbocycles. The van der Waals surface area contributed by atoms with Crippen molar-refractivity contribution in [3.05, 3.63) is 52.3 Å². The summed E-state index contributed by atoms with van der Waals surface area (Å²) in [6, 6.07) is 7.55. The summed E-state index contributed by atoms with van der Waals surface area (Å²) in [6.45, 7) is 10.3. The van der Waals surface area contributed by atoms with Gasteiger partial charge in [-0.05, 0) is 52.8 Å². The van der Waals surface area contributed by atoms with E-state index in [4.69, 9.17) is 0 Å². The number of nitrogens with zero attached hydrogens (tertiary/aromatic N) is 2. The van der Waals surface area contributed by atoms with E-state index in [1.54, 1.807) is 0 Å². The Labute approximate surface area is 148 Å². The molecule has 0 saturated carbocycles. The number of hydrogen-bond acceptors (Lipinski definition) is 3. The predicted octanol–water partition coefficient (Wildman–Crippen LogP) is 2.05. The summed E-state index contributed by atoms with van der Waals surface area (Å²) in [5.74, 6) is -0.458. The minimum atomic E-state index is -0.242. The fraction of sp³-hybridized carbons (Fsp3) is 0.421. The van der Waals surface area contributed by atoms with Crippen molar-refractivity contribution in [3.8, 4) is 0 Å². The van der Waals surface area contributed by atoms with E-state index in [0.29, 0.717) is 12.1 Å². The molecule has 25 heavy (non-hydrogen) atoms. The Balaban J connectivity index is 1.83. The van der Waals surface area contributed by atoms with Gasteiger partial charge in [0.1, 0.15) is 0 Å². The van der Waals surface area contributed by atoms with Gasteiger partial charge in [0.2, 0.25) is 5.91 Å². The number of aromatic nitrogens is 2. The molecule has 6 nitrogen and oxygen atoms in total. The van der Waals surface area contributed by atoms with Crippen LogP contribution in [0.1, 0.15) is 39.8 Å². The van der Waals surface area contributed by atoms with Crippen LogP contribution in [0.4, 0.5) is 0 Å². The SMILES string of the molecule is Cc1cc(C)cc(C(=O)NCC(=O)N[C@H](C)Cn2nc(C)cc2C)c1. The zero-order valence-corrected chi connectivity index (χ0v) is 15.5. The van der Waals surface area contributed by atoms with Gasteiger partial charge in [0.25, 0.3) is 5.91 Å². The zero-order valence-electron chi connectivity index (χ0n) is 15.5. The maximum absolute atomic E-state index is 12.2. The number of amides is 2. The Morgan fingerprint density at radius 3 is 2.28 bits per heavy atom. The average Bonchev–Trinajstić information content (AvgIpc) is 2.81. The summed E-state index contributed by atoms with van der Waals surface area (Å²) in [5.41, 5.74) is 4.63. The van der Waals surface area contributed by atoms with Crippen LogP contribution in [0.3, 0.4) is 0 Å². The van der Waals surface area contributed by atoms with Crippen molar-refractivity contribution < 1.29 is 9.59 Å². The maximum Gasteiger partial charge on any atom is 0.251 e. The molecule has 1 aromatic heterocycles. The van der Waals surface area contributed by atoms with Gasteiger partial charge >= 0.3 is 0 Å². The molecule has 1 atom stereocenters. The number of rotatable bonds is 6. The van der Waals surface area contributed by atoms with E-state index in [0.717, 1.165) is 22.5 Å². The Morgan fingerprint density at radius 1 is 1.08 bits per heavy atom. The van der Waals surface area contributed by atoms with Crippen molar-refractivity contribution in [1.82, 2.24) is 20.4 Å². The summed E-state index contributed by atoms with van der Waals surface area (Å²) < 4.78 is 1.87. The van der Waals surface area contributed by atoms with Crippen LogP contribution in [-0.4, -0.2) is 34.2 Å². The lowest BCUT2D eigenvalue weighted by Crippen LogP contribution is -2.42. The number of carbonyl (C=O) groups is 2. The number of hydrogen-bond donors (Lipinski definition) is 2. The molecule has 0 fully saturated rings. The lowest BCUT2D eigenvalue weighted by Gasteiger charge is -2.15. The summed E-state index contributed by atoms with van der Waals surface area (Å²) in [7, 11) is 0. The third-order valence-corrected chi connectivity index (χ3v) is 3.85. The van der Waals surface area contributed by atoms with Crippen LogP contribution >= 0.6 is 0 Å². The van der Waals surface area contributed by atoms with E-state index in [2.05, 4.69) is 15.7 Å². The molecule has 1 heterocycles. The highest BCUT2D eigenvalue weighted by Gasteiger charge is 2.12. The Kier molecular flexibility index (Phi) is 5.96. The third kappa shape index (κ3) is 5.45. The number of carbonyl (C=O) groups excluding carboxylic acids is 2. The molecule has 0 bridgehead atoms. The van der Waals surface area contributed by atoms with Crippen molar-refractivity contribution in [2.75, 3.05) is 6.54 Å². The van der Waals surface area contributed by atoms with E-state index in [1.165, 1.54) is 0 Å². The van der Waals surface area contributed by atoms with Crippen molar-refractivity contribution >= 4 is 11.8 Å².